The van der Waals surface area contributed by atoms with Crippen LogP contribution < -0.4 is 4.74 Å². The topological polar surface area (TPSA) is 9.23 Å². The maximum atomic E-state index is 5.74. The van der Waals surface area contributed by atoms with Crippen LogP contribution in [0.5, 0.6) is 5.75 Å². The lowest BCUT2D eigenvalue weighted by Gasteiger charge is -2.07. The zero-order valence-electron chi connectivity index (χ0n) is 10.8. The summed E-state index contributed by atoms with van der Waals surface area (Å²) in [6.45, 7) is 2.79. The van der Waals surface area contributed by atoms with E-state index < -0.39 is 0 Å². The number of hydrogen-bond donors (Lipinski definition) is 0. The van der Waals surface area contributed by atoms with Gasteiger partial charge in [-0.05, 0) is 36.1 Å². The van der Waals surface area contributed by atoms with E-state index in [1.807, 2.05) is 30.3 Å². The van der Waals surface area contributed by atoms with E-state index in [4.69, 9.17) is 4.74 Å². The van der Waals surface area contributed by atoms with Gasteiger partial charge in [0.15, 0.2) is 0 Å². The third kappa shape index (κ3) is 3.92. The smallest absolute Gasteiger partial charge is 0.119 e. The second-order valence-corrected chi connectivity index (χ2v) is 4.32. The van der Waals surface area contributed by atoms with Crippen LogP contribution in [0, 0.1) is 6.42 Å². The molecule has 0 aromatic heterocycles. The minimum atomic E-state index is 0.626. The van der Waals surface area contributed by atoms with E-state index in [1.165, 1.54) is 11.1 Å². The molecule has 0 saturated carbocycles. The molecule has 2 rings (SSSR count). The van der Waals surface area contributed by atoms with E-state index >= 15 is 0 Å². The summed E-state index contributed by atoms with van der Waals surface area (Å²) in [4.78, 5) is 0. The highest BCUT2D eigenvalue weighted by Crippen LogP contribution is 2.15. The molecule has 0 N–H and O–H groups in total. The SMILES string of the molecule is CC[CH]Cc1ccc(OCc2ccccc2)cc1. The second-order valence-electron chi connectivity index (χ2n) is 4.32. The summed E-state index contributed by atoms with van der Waals surface area (Å²) in [5.74, 6) is 0.930. The number of hydrogen-bond acceptors (Lipinski definition) is 1. The molecule has 0 aliphatic rings. The van der Waals surface area contributed by atoms with Crippen LogP contribution in [0.3, 0.4) is 0 Å². The Hall–Kier alpha value is -1.76. The normalized spacial score (nSPS) is 10.3. The zero-order valence-corrected chi connectivity index (χ0v) is 10.8. The monoisotopic (exact) mass is 239 g/mol. The molecular weight excluding hydrogens is 220 g/mol. The van der Waals surface area contributed by atoms with Gasteiger partial charge in [-0.1, -0.05) is 55.8 Å². The summed E-state index contributed by atoms with van der Waals surface area (Å²) in [6.07, 6.45) is 4.43. The van der Waals surface area contributed by atoms with Crippen LogP contribution in [0.25, 0.3) is 0 Å². The predicted molar refractivity (Wildman–Crippen MR) is 75.5 cm³/mol. The van der Waals surface area contributed by atoms with E-state index in [0.717, 1.165) is 18.6 Å². The van der Waals surface area contributed by atoms with Gasteiger partial charge >= 0.3 is 0 Å². The molecule has 1 radical (unpaired) electrons. The van der Waals surface area contributed by atoms with Crippen LogP contribution in [0.15, 0.2) is 54.6 Å². The van der Waals surface area contributed by atoms with Crippen molar-refractivity contribution in [1.29, 1.82) is 0 Å². The third-order valence-corrected chi connectivity index (χ3v) is 2.84. The van der Waals surface area contributed by atoms with Crippen LogP contribution in [-0.4, -0.2) is 0 Å². The summed E-state index contributed by atoms with van der Waals surface area (Å²) in [6, 6.07) is 18.6. The predicted octanol–water partition coefficient (Wildman–Crippen LogP) is 4.42. The highest BCUT2D eigenvalue weighted by Gasteiger charge is 1.97. The van der Waals surface area contributed by atoms with Crippen molar-refractivity contribution in [3.63, 3.8) is 0 Å². The van der Waals surface area contributed by atoms with Crippen molar-refractivity contribution in [2.45, 2.75) is 26.4 Å². The van der Waals surface area contributed by atoms with Gasteiger partial charge in [-0.15, -0.1) is 0 Å². The molecule has 0 aliphatic heterocycles. The van der Waals surface area contributed by atoms with Crippen molar-refractivity contribution >= 4 is 0 Å². The summed E-state index contributed by atoms with van der Waals surface area (Å²) >= 11 is 0. The molecule has 2 aromatic carbocycles. The zero-order chi connectivity index (χ0) is 12.6. The Labute approximate surface area is 109 Å². The minimum absolute atomic E-state index is 0.626. The summed E-state index contributed by atoms with van der Waals surface area (Å²) in [5, 5.41) is 0. The first kappa shape index (κ1) is 12.7. The average Bonchev–Trinajstić information content (AvgIpc) is 2.45. The lowest BCUT2D eigenvalue weighted by Crippen LogP contribution is -1.95. The summed E-state index contributed by atoms with van der Waals surface area (Å²) in [7, 11) is 0. The van der Waals surface area contributed by atoms with Gasteiger partial charge in [-0.3, -0.25) is 0 Å². The van der Waals surface area contributed by atoms with Crippen molar-refractivity contribution < 1.29 is 4.74 Å². The van der Waals surface area contributed by atoms with Gasteiger partial charge in [0.2, 0.25) is 0 Å². The Bertz CT molecular complexity index is 445. The van der Waals surface area contributed by atoms with Crippen LogP contribution in [-0.2, 0) is 13.0 Å². The molecule has 0 amide bonds. The van der Waals surface area contributed by atoms with Crippen molar-refractivity contribution in [2.24, 2.45) is 0 Å². The quantitative estimate of drug-likeness (QED) is 0.725. The molecule has 0 fully saturated rings. The molecule has 2 aromatic rings. The van der Waals surface area contributed by atoms with Crippen molar-refractivity contribution in [2.75, 3.05) is 0 Å². The molecule has 0 spiro atoms. The fourth-order valence-corrected chi connectivity index (χ4v) is 1.77. The molecule has 93 valence electrons. The largest absolute Gasteiger partial charge is 0.489 e. The van der Waals surface area contributed by atoms with E-state index in [0.29, 0.717) is 6.61 Å². The average molecular weight is 239 g/mol. The van der Waals surface area contributed by atoms with Crippen LogP contribution >= 0.6 is 0 Å². The van der Waals surface area contributed by atoms with Crippen LogP contribution in [0.4, 0.5) is 0 Å². The molecule has 0 aliphatic carbocycles. The molecule has 0 atom stereocenters. The first-order valence-corrected chi connectivity index (χ1v) is 6.46. The third-order valence-electron chi connectivity index (χ3n) is 2.84. The number of ether oxygens (including phenoxy) is 1. The van der Waals surface area contributed by atoms with E-state index in [2.05, 4.69) is 37.6 Å². The highest BCUT2D eigenvalue weighted by molar-refractivity contribution is 5.28. The number of unbranched alkanes of at least 4 members (excludes halogenated alkanes) is 1. The Kier molecular flexibility index (Phi) is 4.83. The van der Waals surface area contributed by atoms with E-state index in [-0.39, 0.29) is 0 Å². The van der Waals surface area contributed by atoms with Gasteiger partial charge in [0.05, 0.1) is 0 Å². The van der Waals surface area contributed by atoms with Gasteiger partial charge in [0, 0.05) is 0 Å². The lowest BCUT2D eigenvalue weighted by molar-refractivity contribution is 0.306. The van der Waals surface area contributed by atoms with Gasteiger partial charge in [0.25, 0.3) is 0 Å². The molecular formula is C17H19O. The first-order chi connectivity index (χ1) is 8.88. The minimum Gasteiger partial charge on any atom is -0.489 e. The van der Waals surface area contributed by atoms with E-state index in [1.54, 1.807) is 0 Å². The molecule has 1 nitrogen and oxygen atoms in total. The molecule has 1 heteroatoms. The molecule has 0 saturated heterocycles. The molecule has 18 heavy (non-hydrogen) atoms. The Balaban J connectivity index is 1.86. The summed E-state index contributed by atoms with van der Waals surface area (Å²) < 4.78 is 5.74. The standard InChI is InChI=1S/C17H19O/c1-2-3-7-15-10-12-17(13-11-15)18-14-16-8-5-4-6-9-16/h3-6,8-13H,2,7,14H2,1H3. The van der Waals surface area contributed by atoms with Gasteiger partial charge in [0.1, 0.15) is 12.4 Å². The van der Waals surface area contributed by atoms with Crippen molar-refractivity contribution in [3.05, 3.63) is 72.1 Å². The fourth-order valence-electron chi connectivity index (χ4n) is 1.77. The summed E-state index contributed by atoms with van der Waals surface area (Å²) in [5.41, 5.74) is 2.53. The Morgan fingerprint density at radius 3 is 2.28 bits per heavy atom. The van der Waals surface area contributed by atoms with E-state index in [9.17, 15) is 0 Å². The molecule has 0 bridgehead atoms. The Morgan fingerprint density at radius 2 is 1.61 bits per heavy atom. The fraction of sp³-hybridized carbons (Fsp3) is 0.235. The van der Waals surface area contributed by atoms with Crippen LogP contribution in [0.1, 0.15) is 24.5 Å². The second kappa shape index (κ2) is 6.85. The molecule has 0 unspecified atom stereocenters. The van der Waals surface area contributed by atoms with Gasteiger partial charge in [-0.2, -0.15) is 0 Å². The lowest BCUT2D eigenvalue weighted by atomic mass is 10.1. The van der Waals surface area contributed by atoms with Crippen LogP contribution in [0.2, 0.25) is 0 Å². The van der Waals surface area contributed by atoms with Crippen molar-refractivity contribution in [1.82, 2.24) is 0 Å². The highest BCUT2D eigenvalue weighted by atomic mass is 16.5. The Morgan fingerprint density at radius 1 is 0.889 bits per heavy atom. The maximum absolute atomic E-state index is 5.74. The van der Waals surface area contributed by atoms with Gasteiger partial charge in [-0.25, -0.2) is 0 Å². The van der Waals surface area contributed by atoms with Gasteiger partial charge < -0.3 is 4.74 Å². The maximum Gasteiger partial charge on any atom is 0.119 e. The first-order valence-electron chi connectivity index (χ1n) is 6.46. The number of benzene rings is 2. The van der Waals surface area contributed by atoms with Crippen molar-refractivity contribution in [3.8, 4) is 5.75 Å². The molecule has 0 heterocycles. The number of rotatable bonds is 6.